The van der Waals surface area contributed by atoms with Gasteiger partial charge < -0.3 is 15.2 Å². The molecule has 2 aromatic rings. The van der Waals surface area contributed by atoms with Gasteiger partial charge in [-0.2, -0.15) is 0 Å². The number of carbonyl (C=O) groups is 2. The van der Waals surface area contributed by atoms with E-state index in [9.17, 15) is 14.7 Å². The normalized spacial score (nSPS) is 18.7. The molecule has 0 unspecified atom stereocenters. The second kappa shape index (κ2) is 8.08. The van der Waals surface area contributed by atoms with E-state index in [1.807, 2.05) is 38.1 Å². The number of benzene rings is 2. The fourth-order valence-corrected chi connectivity index (χ4v) is 3.35. The first-order chi connectivity index (χ1) is 12.9. The largest absolute Gasteiger partial charge is 0.481 e. The number of carboxylic acids is 1. The number of aryl methyl sites for hydroxylation is 2. The lowest BCUT2D eigenvalue weighted by Crippen LogP contribution is -2.34. The maximum Gasteiger partial charge on any atom is 0.307 e. The summed E-state index contributed by atoms with van der Waals surface area (Å²) in [5.41, 5.74) is 2.87. The Labute approximate surface area is 158 Å². The van der Waals surface area contributed by atoms with Crippen LogP contribution in [0.3, 0.4) is 0 Å². The zero-order chi connectivity index (χ0) is 19.4. The van der Waals surface area contributed by atoms with Gasteiger partial charge in [-0.1, -0.05) is 18.2 Å². The Kier molecular flexibility index (Phi) is 5.60. The van der Waals surface area contributed by atoms with E-state index < -0.39 is 17.8 Å². The molecule has 0 saturated heterocycles. The second-order valence-electron chi connectivity index (χ2n) is 6.93. The average molecular weight is 365 g/mol. The molecule has 3 rings (SSSR count). The highest BCUT2D eigenvalue weighted by atomic mass is 16.5. The molecule has 0 aromatic heterocycles. The number of anilines is 1. The Morgan fingerprint density at radius 2 is 1.52 bits per heavy atom. The summed E-state index contributed by atoms with van der Waals surface area (Å²) in [5.74, 6) is -1.00. The fraction of sp³-hybridized carbons (Fsp3) is 0.273. The number of nitrogens with one attached hydrogen (secondary N) is 1. The molecular formula is C22H23NO4. The minimum atomic E-state index is -0.934. The van der Waals surface area contributed by atoms with E-state index in [0.29, 0.717) is 24.3 Å². The minimum absolute atomic E-state index is 0.269. The van der Waals surface area contributed by atoms with Gasteiger partial charge in [0.05, 0.1) is 11.8 Å². The molecule has 140 valence electrons. The molecule has 0 fully saturated rings. The minimum Gasteiger partial charge on any atom is -0.481 e. The maximum atomic E-state index is 12.5. The number of rotatable bonds is 5. The molecule has 1 aliphatic carbocycles. The summed E-state index contributed by atoms with van der Waals surface area (Å²) < 4.78 is 5.87. The molecule has 1 aliphatic rings. The number of amides is 1. The Balaban J connectivity index is 1.65. The molecule has 0 aliphatic heterocycles. The smallest absolute Gasteiger partial charge is 0.307 e. The predicted molar refractivity (Wildman–Crippen MR) is 104 cm³/mol. The molecule has 0 heterocycles. The van der Waals surface area contributed by atoms with Crippen molar-refractivity contribution in [3.05, 3.63) is 65.7 Å². The van der Waals surface area contributed by atoms with Gasteiger partial charge in [0.2, 0.25) is 5.91 Å². The fourth-order valence-electron chi connectivity index (χ4n) is 3.35. The topological polar surface area (TPSA) is 75.6 Å². The van der Waals surface area contributed by atoms with Crippen molar-refractivity contribution in [1.29, 1.82) is 0 Å². The summed E-state index contributed by atoms with van der Waals surface area (Å²) in [6.45, 7) is 4.03. The molecule has 5 nitrogen and oxygen atoms in total. The lowest BCUT2D eigenvalue weighted by Gasteiger charge is -2.24. The maximum absolute atomic E-state index is 12.5. The highest BCUT2D eigenvalue weighted by Gasteiger charge is 2.33. The molecule has 2 N–H and O–H groups in total. The molecule has 0 saturated carbocycles. The molecule has 5 heteroatoms. The summed E-state index contributed by atoms with van der Waals surface area (Å²) in [6.07, 6.45) is 4.51. The average Bonchev–Trinajstić information content (AvgIpc) is 2.62. The van der Waals surface area contributed by atoms with Crippen LogP contribution in [0.5, 0.6) is 11.5 Å². The first-order valence-corrected chi connectivity index (χ1v) is 8.97. The zero-order valence-electron chi connectivity index (χ0n) is 15.4. The molecule has 2 aromatic carbocycles. The quantitative estimate of drug-likeness (QED) is 0.753. The van der Waals surface area contributed by atoms with Crippen LogP contribution in [0.25, 0.3) is 0 Å². The summed E-state index contributed by atoms with van der Waals surface area (Å²) in [6, 6.07) is 13.1. The van der Waals surface area contributed by atoms with Crippen molar-refractivity contribution in [1.82, 2.24) is 0 Å². The van der Waals surface area contributed by atoms with E-state index in [1.165, 1.54) is 0 Å². The van der Waals surface area contributed by atoms with Gasteiger partial charge in [-0.15, -0.1) is 0 Å². The summed E-state index contributed by atoms with van der Waals surface area (Å²) in [4.78, 5) is 23.9. The van der Waals surface area contributed by atoms with E-state index in [-0.39, 0.29) is 5.91 Å². The van der Waals surface area contributed by atoms with E-state index in [2.05, 4.69) is 11.4 Å². The highest BCUT2D eigenvalue weighted by molar-refractivity contribution is 5.95. The van der Waals surface area contributed by atoms with Crippen molar-refractivity contribution in [2.45, 2.75) is 26.7 Å². The van der Waals surface area contributed by atoms with Crippen LogP contribution in [0.15, 0.2) is 54.6 Å². The first-order valence-electron chi connectivity index (χ1n) is 8.97. The van der Waals surface area contributed by atoms with Gasteiger partial charge in [-0.05, 0) is 74.2 Å². The third-order valence-electron chi connectivity index (χ3n) is 4.64. The van der Waals surface area contributed by atoms with Crippen molar-refractivity contribution in [3.8, 4) is 11.5 Å². The summed E-state index contributed by atoms with van der Waals surface area (Å²) in [7, 11) is 0. The molecule has 0 radical (unpaired) electrons. The van der Waals surface area contributed by atoms with Crippen LogP contribution in [0.2, 0.25) is 0 Å². The Bertz CT molecular complexity index is 850. The summed E-state index contributed by atoms with van der Waals surface area (Å²) in [5, 5.41) is 12.1. The van der Waals surface area contributed by atoms with E-state index >= 15 is 0 Å². The van der Waals surface area contributed by atoms with Gasteiger partial charge in [-0.25, -0.2) is 0 Å². The SMILES string of the molecule is Cc1cc(C)cc(Oc2ccc(NC(=O)[C@H]3CC=CC[C@@H]3C(=O)O)cc2)c1. The van der Waals surface area contributed by atoms with Crippen LogP contribution < -0.4 is 10.1 Å². The van der Waals surface area contributed by atoms with Gasteiger partial charge in [0, 0.05) is 5.69 Å². The van der Waals surface area contributed by atoms with Crippen molar-refractivity contribution >= 4 is 17.6 Å². The Hall–Kier alpha value is -3.08. The first kappa shape index (κ1) is 18.7. The number of hydrogen-bond donors (Lipinski definition) is 2. The van der Waals surface area contributed by atoms with Crippen LogP contribution in [-0.2, 0) is 9.59 Å². The number of ether oxygens (including phenoxy) is 1. The van der Waals surface area contributed by atoms with Crippen LogP contribution in [-0.4, -0.2) is 17.0 Å². The number of aliphatic carboxylic acids is 1. The van der Waals surface area contributed by atoms with Gasteiger partial charge >= 0.3 is 5.97 Å². The van der Waals surface area contributed by atoms with Gasteiger partial charge in [-0.3, -0.25) is 9.59 Å². The predicted octanol–water partition coefficient (Wildman–Crippen LogP) is 4.70. The number of allylic oxidation sites excluding steroid dienone is 2. The van der Waals surface area contributed by atoms with Gasteiger partial charge in [0.15, 0.2) is 0 Å². The molecule has 2 atom stereocenters. The zero-order valence-corrected chi connectivity index (χ0v) is 15.4. The Morgan fingerprint density at radius 1 is 0.926 bits per heavy atom. The number of carboxylic acid groups (broad SMARTS) is 1. The summed E-state index contributed by atoms with van der Waals surface area (Å²) >= 11 is 0. The Morgan fingerprint density at radius 3 is 2.11 bits per heavy atom. The molecule has 27 heavy (non-hydrogen) atoms. The second-order valence-corrected chi connectivity index (χ2v) is 6.93. The van der Waals surface area contributed by atoms with E-state index in [1.54, 1.807) is 24.3 Å². The van der Waals surface area contributed by atoms with Gasteiger partial charge in [0.1, 0.15) is 11.5 Å². The van der Waals surface area contributed by atoms with Crippen molar-refractivity contribution in [2.75, 3.05) is 5.32 Å². The highest BCUT2D eigenvalue weighted by Crippen LogP contribution is 2.28. The monoisotopic (exact) mass is 365 g/mol. The van der Waals surface area contributed by atoms with Crippen LogP contribution in [0.4, 0.5) is 5.69 Å². The number of carbonyl (C=O) groups excluding carboxylic acids is 1. The lowest BCUT2D eigenvalue weighted by molar-refractivity contribution is -0.146. The molecule has 1 amide bonds. The van der Waals surface area contributed by atoms with Gasteiger partial charge in [0.25, 0.3) is 0 Å². The van der Waals surface area contributed by atoms with Crippen LogP contribution in [0, 0.1) is 25.7 Å². The molecular weight excluding hydrogens is 342 g/mol. The molecule has 0 bridgehead atoms. The number of hydrogen-bond acceptors (Lipinski definition) is 3. The van der Waals surface area contributed by atoms with E-state index in [4.69, 9.17) is 4.74 Å². The van der Waals surface area contributed by atoms with Crippen LogP contribution >= 0.6 is 0 Å². The van der Waals surface area contributed by atoms with Crippen molar-refractivity contribution in [3.63, 3.8) is 0 Å². The standard InChI is InChI=1S/C22H23NO4/c1-14-11-15(2)13-18(12-14)27-17-9-7-16(8-10-17)23-21(24)19-5-3-4-6-20(19)22(25)26/h3-4,7-13,19-20H,5-6H2,1-2H3,(H,23,24)(H,25,26)/t19-,20-/m0/s1. The van der Waals surface area contributed by atoms with Crippen LogP contribution in [0.1, 0.15) is 24.0 Å². The third kappa shape index (κ3) is 4.76. The van der Waals surface area contributed by atoms with Crippen molar-refractivity contribution in [2.24, 2.45) is 11.8 Å². The molecule has 0 spiro atoms. The lowest BCUT2D eigenvalue weighted by atomic mass is 9.82. The van der Waals surface area contributed by atoms with Crippen molar-refractivity contribution < 1.29 is 19.4 Å². The van der Waals surface area contributed by atoms with E-state index in [0.717, 1.165) is 16.9 Å². The third-order valence-corrected chi connectivity index (χ3v) is 4.64.